The van der Waals surface area contributed by atoms with Crippen LogP contribution in [-0.4, -0.2) is 0 Å². The molecule has 0 spiro atoms. The van der Waals surface area contributed by atoms with Gasteiger partial charge in [0.1, 0.15) is 0 Å². The summed E-state index contributed by atoms with van der Waals surface area (Å²) in [4.78, 5) is 0. The van der Waals surface area contributed by atoms with Crippen molar-refractivity contribution in [1.82, 2.24) is 0 Å². The molecule has 0 aromatic carbocycles. The van der Waals surface area contributed by atoms with E-state index >= 15 is 0 Å². The number of fused-ring (bicyclic) bond motifs is 4. The highest BCUT2D eigenvalue weighted by atomic mass is 16.5. The summed E-state index contributed by atoms with van der Waals surface area (Å²) in [5.41, 5.74) is 0. The highest BCUT2D eigenvalue weighted by Gasteiger charge is 2.41. The summed E-state index contributed by atoms with van der Waals surface area (Å²) in [6, 6.07) is 0. The van der Waals surface area contributed by atoms with E-state index in [0.29, 0.717) is 0 Å². The van der Waals surface area contributed by atoms with Crippen molar-refractivity contribution in [2.24, 2.45) is 35.5 Å². The summed E-state index contributed by atoms with van der Waals surface area (Å²) < 4.78 is 6.00. The SMILES string of the molecule is C=C(CC1CC2CCC1C2)OC(=C)CC1CC2CCC1C2. The van der Waals surface area contributed by atoms with Crippen LogP contribution in [0.4, 0.5) is 0 Å². The van der Waals surface area contributed by atoms with Gasteiger partial charge in [0, 0.05) is 12.8 Å². The first kappa shape index (κ1) is 13.9. The first-order valence-electron chi connectivity index (χ1n) is 9.20. The van der Waals surface area contributed by atoms with Crippen LogP contribution in [0.25, 0.3) is 0 Å². The summed E-state index contributed by atoms with van der Waals surface area (Å²) in [5.74, 6) is 7.65. The monoisotopic (exact) mass is 286 g/mol. The van der Waals surface area contributed by atoms with Crippen molar-refractivity contribution in [3.05, 3.63) is 24.7 Å². The van der Waals surface area contributed by atoms with Crippen LogP contribution < -0.4 is 0 Å². The molecular formula is C20H30O. The average Bonchev–Trinajstić information content (AvgIpc) is 3.18. The maximum absolute atomic E-state index is 6.00. The maximum atomic E-state index is 6.00. The zero-order valence-electron chi connectivity index (χ0n) is 13.4. The predicted octanol–water partition coefficient (Wildman–Crippen LogP) is 5.68. The standard InChI is InChI=1S/C20H30O/c1-13(7-19-11-15-3-5-17(19)9-15)21-14(2)8-20-12-16-4-6-18(20)10-16/h15-20H,1-12H2. The summed E-state index contributed by atoms with van der Waals surface area (Å²) >= 11 is 0. The molecular weight excluding hydrogens is 256 g/mol. The molecule has 116 valence electrons. The molecule has 4 bridgehead atoms. The maximum Gasteiger partial charge on any atom is 0.0967 e. The zero-order valence-corrected chi connectivity index (χ0v) is 13.4. The quantitative estimate of drug-likeness (QED) is 0.570. The molecule has 0 aromatic rings. The number of rotatable bonds is 6. The minimum absolute atomic E-state index is 0.853. The molecule has 0 radical (unpaired) electrons. The van der Waals surface area contributed by atoms with Crippen molar-refractivity contribution in [2.75, 3.05) is 0 Å². The Kier molecular flexibility index (Phi) is 3.63. The van der Waals surface area contributed by atoms with Crippen LogP contribution in [-0.2, 0) is 4.74 Å². The van der Waals surface area contributed by atoms with E-state index in [4.69, 9.17) is 4.74 Å². The van der Waals surface area contributed by atoms with Gasteiger partial charge in [-0.05, 0) is 74.0 Å². The third-order valence-electron chi connectivity index (χ3n) is 7.04. The van der Waals surface area contributed by atoms with Crippen LogP contribution in [0, 0.1) is 35.5 Å². The number of hydrogen-bond acceptors (Lipinski definition) is 1. The fourth-order valence-electron chi connectivity index (χ4n) is 6.13. The molecule has 0 saturated heterocycles. The summed E-state index contributed by atoms with van der Waals surface area (Å²) in [6.45, 7) is 8.36. The van der Waals surface area contributed by atoms with E-state index < -0.39 is 0 Å². The van der Waals surface area contributed by atoms with Crippen molar-refractivity contribution >= 4 is 0 Å². The molecule has 4 saturated carbocycles. The lowest BCUT2D eigenvalue weighted by molar-refractivity contribution is 0.213. The van der Waals surface area contributed by atoms with E-state index in [1.807, 2.05) is 0 Å². The van der Waals surface area contributed by atoms with Crippen LogP contribution in [0.3, 0.4) is 0 Å². The van der Waals surface area contributed by atoms with Crippen molar-refractivity contribution in [1.29, 1.82) is 0 Å². The second-order valence-electron chi connectivity index (χ2n) is 8.46. The third kappa shape index (κ3) is 2.81. The van der Waals surface area contributed by atoms with Gasteiger partial charge in [0.15, 0.2) is 0 Å². The Hall–Kier alpha value is -0.720. The van der Waals surface area contributed by atoms with Gasteiger partial charge in [0.25, 0.3) is 0 Å². The van der Waals surface area contributed by atoms with Crippen LogP contribution in [0.1, 0.15) is 64.2 Å². The van der Waals surface area contributed by atoms with Gasteiger partial charge in [0.05, 0.1) is 11.5 Å². The first-order valence-corrected chi connectivity index (χ1v) is 9.20. The summed E-state index contributed by atoms with van der Waals surface area (Å²) in [5, 5.41) is 0. The van der Waals surface area contributed by atoms with Gasteiger partial charge in [-0.1, -0.05) is 26.0 Å². The highest BCUT2D eigenvalue weighted by Crippen LogP contribution is 2.51. The highest BCUT2D eigenvalue weighted by molar-refractivity contribution is 5.02. The molecule has 4 rings (SSSR count). The molecule has 6 unspecified atom stereocenters. The third-order valence-corrected chi connectivity index (χ3v) is 7.04. The van der Waals surface area contributed by atoms with Gasteiger partial charge in [-0.25, -0.2) is 0 Å². The zero-order chi connectivity index (χ0) is 14.4. The van der Waals surface area contributed by atoms with Crippen molar-refractivity contribution < 1.29 is 4.74 Å². The lowest BCUT2D eigenvalue weighted by Gasteiger charge is -2.25. The van der Waals surface area contributed by atoms with E-state index in [1.54, 1.807) is 0 Å². The fraction of sp³-hybridized carbons (Fsp3) is 0.800. The molecule has 0 aliphatic heterocycles. The van der Waals surface area contributed by atoms with E-state index in [9.17, 15) is 0 Å². The van der Waals surface area contributed by atoms with E-state index in [2.05, 4.69) is 13.2 Å². The molecule has 4 fully saturated rings. The van der Waals surface area contributed by atoms with Gasteiger partial charge >= 0.3 is 0 Å². The Balaban J connectivity index is 1.22. The lowest BCUT2D eigenvalue weighted by atomic mass is 9.85. The second kappa shape index (κ2) is 5.48. The first-order chi connectivity index (χ1) is 10.2. The van der Waals surface area contributed by atoms with Crippen molar-refractivity contribution in [3.8, 4) is 0 Å². The van der Waals surface area contributed by atoms with E-state index in [0.717, 1.165) is 59.9 Å². The Labute approximate surface area is 129 Å². The van der Waals surface area contributed by atoms with E-state index in [-0.39, 0.29) is 0 Å². The smallest absolute Gasteiger partial charge is 0.0967 e. The molecule has 4 aliphatic rings. The van der Waals surface area contributed by atoms with Gasteiger partial charge in [-0.15, -0.1) is 0 Å². The molecule has 0 amide bonds. The minimum atomic E-state index is 0.853. The molecule has 4 aliphatic carbocycles. The minimum Gasteiger partial charge on any atom is -0.467 e. The van der Waals surface area contributed by atoms with E-state index in [1.165, 1.54) is 51.4 Å². The lowest BCUT2D eigenvalue weighted by Crippen LogP contribution is -2.13. The Morgan fingerprint density at radius 1 is 0.714 bits per heavy atom. The molecule has 0 N–H and O–H groups in total. The molecule has 0 aromatic heterocycles. The number of ether oxygens (including phenoxy) is 1. The normalized spacial score (nSPS) is 43.4. The second-order valence-corrected chi connectivity index (χ2v) is 8.46. The molecule has 1 heteroatoms. The van der Waals surface area contributed by atoms with Crippen LogP contribution in [0.15, 0.2) is 24.7 Å². The molecule has 21 heavy (non-hydrogen) atoms. The van der Waals surface area contributed by atoms with Crippen LogP contribution in [0.5, 0.6) is 0 Å². The summed E-state index contributed by atoms with van der Waals surface area (Å²) in [6.07, 6.45) is 13.8. The average molecular weight is 286 g/mol. The largest absolute Gasteiger partial charge is 0.467 e. The van der Waals surface area contributed by atoms with Gasteiger partial charge < -0.3 is 4.74 Å². The van der Waals surface area contributed by atoms with Crippen molar-refractivity contribution in [3.63, 3.8) is 0 Å². The van der Waals surface area contributed by atoms with Gasteiger partial charge in [-0.3, -0.25) is 0 Å². The number of hydrogen-bond donors (Lipinski definition) is 0. The van der Waals surface area contributed by atoms with Crippen LogP contribution in [0.2, 0.25) is 0 Å². The molecule has 0 heterocycles. The predicted molar refractivity (Wildman–Crippen MR) is 86.5 cm³/mol. The number of allylic oxidation sites excluding steroid dienone is 2. The fourth-order valence-corrected chi connectivity index (χ4v) is 6.13. The van der Waals surface area contributed by atoms with Crippen molar-refractivity contribution in [2.45, 2.75) is 64.2 Å². The van der Waals surface area contributed by atoms with Gasteiger partial charge in [0.2, 0.25) is 0 Å². The Bertz CT molecular complexity index is 397. The Morgan fingerprint density at radius 3 is 1.52 bits per heavy atom. The molecule has 6 atom stereocenters. The summed E-state index contributed by atoms with van der Waals surface area (Å²) in [7, 11) is 0. The van der Waals surface area contributed by atoms with Crippen LogP contribution >= 0.6 is 0 Å². The topological polar surface area (TPSA) is 9.23 Å². The Morgan fingerprint density at radius 2 is 1.19 bits per heavy atom. The van der Waals surface area contributed by atoms with Gasteiger partial charge in [-0.2, -0.15) is 0 Å². The molecule has 1 nitrogen and oxygen atoms in total.